The molecule has 19 heavy (non-hydrogen) atoms. The van der Waals surface area contributed by atoms with Crippen LogP contribution in [0.15, 0.2) is 0 Å². The van der Waals surface area contributed by atoms with Gasteiger partial charge in [0.2, 0.25) is 5.91 Å². The number of rotatable bonds is 3. The van der Waals surface area contributed by atoms with E-state index in [1.165, 1.54) is 4.90 Å². The number of aromatic amines is 1. The number of piperidine rings is 1. The maximum atomic E-state index is 12.4. The van der Waals surface area contributed by atoms with Crippen LogP contribution in [-0.2, 0) is 11.2 Å². The number of nitrogens with two attached hydrogens (primary N) is 2. The minimum absolute atomic E-state index is 0.185. The number of hydrogen-bond donors (Lipinski definition) is 3. The predicted molar refractivity (Wildman–Crippen MR) is 70.2 cm³/mol. The number of nitrogen functional groups attached to an aromatic ring is 1. The van der Waals surface area contributed by atoms with E-state index in [-0.39, 0.29) is 11.6 Å². The van der Waals surface area contributed by atoms with E-state index in [9.17, 15) is 9.59 Å². The van der Waals surface area contributed by atoms with Crippen LogP contribution in [0.4, 0.5) is 5.69 Å². The van der Waals surface area contributed by atoms with Crippen LogP contribution in [0.5, 0.6) is 0 Å². The molecule has 0 radical (unpaired) electrons. The fraction of sp³-hybridized carbons (Fsp3) is 0.583. The Hall–Kier alpha value is -2.05. The first-order valence-corrected chi connectivity index (χ1v) is 6.49. The van der Waals surface area contributed by atoms with Gasteiger partial charge in [0.25, 0.3) is 5.91 Å². The number of carbonyl (C=O) groups is 2. The summed E-state index contributed by atoms with van der Waals surface area (Å²) in [4.78, 5) is 25.3. The van der Waals surface area contributed by atoms with Gasteiger partial charge in [0.1, 0.15) is 6.04 Å². The molecule has 1 atom stereocenters. The summed E-state index contributed by atoms with van der Waals surface area (Å²) in [5.74, 6) is -0.796. The molecule has 2 rings (SSSR count). The molecule has 0 bridgehead atoms. The standard InChI is InChI=1S/C12H19N5O2/c1-2-7-9(13)10(16-15-7)12(19)17-6-4-3-5-8(17)11(14)18/h8H,2-6,13H2,1H3,(H2,14,18)(H,15,16). The summed E-state index contributed by atoms with van der Waals surface area (Å²) in [6.07, 6.45) is 3.03. The van der Waals surface area contributed by atoms with Crippen molar-refractivity contribution in [3.63, 3.8) is 0 Å². The lowest BCUT2D eigenvalue weighted by molar-refractivity contribution is -0.123. The van der Waals surface area contributed by atoms with Gasteiger partial charge in [0.15, 0.2) is 5.69 Å². The molecule has 1 aromatic heterocycles. The Morgan fingerprint density at radius 1 is 1.47 bits per heavy atom. The Morgan fingerprint density at radius 3 is 2.79 bits per heavy atom. The number of nitrogens with one attached hydrogen (secondary N) is 1. The van der Waals surface area contributed by atoms with Crippen molar-refractivity contribution in [1.82, 2.24) is 15.1 Å². The van der Waals surface area contributed by atoms with Gasteiger partial charge >= 0.3 is 0 Å². The highest BCUT2D eigenvalue weighted by Crippen LogP contribution is 2.22. The van der Waals surface area contributed by atoms with E-state index in [0.717, 1.165) is 18.5 Å². The second kappa shape index (κ2) is 5.29. The van der Waals surface area contributed by atoms with E-state index in [0.29, 0.717) is 25.1 Å². The number of primary amides is 1. The number of aromatic nitrogens is 2. The average molecular weight is 265 g/mol. The van der Waals surface area contributed by atoms with Crippen molar-refractivity contribution in [2.45, 2.75) is 38.6 Å². The van der Waals surface area contributed by atoms with Crippen LogP contribution in [0.3, 0.4) is 0 Å². The molecule has 1 fully saturated rings. The van der Waals surface area contributed by atoms with Gasteiger partial charge in [-0.1, -0.05) is 6.92 Å². The Balaban J connectivity index is 2.26. The molecule has 0 spiro atoms. The maximum absolute atomic E-state index is 12.4. The number of carbonyl (C=O) groups excluding carboxylic acids is 2. The number of amides is 2. The minimum atomic E-state index is -0.553. The van der Waals surface area contributed by atoms with E-state index < -0.39 is 11.9 Å². The van der Waals surface area contributed by atoms with Crippen molar-refractivity contribution in [2.75, 3.05) is 12.3 Å². The van der Waals surface area contributed by atoms with Gasteiger partial charge in [-0.2, -0.15) is 5.10 Å². The van der Waals surface area contributed by atoms with E-state index >= 15 is 0 Å². The fourth-order valence-electron chi connectivity index (χ4n) is 2.43. The molecule has 5 N–H and O–H groups in total. The highest BCUT2D eigenvalue weighted by Gasteiger charge is 2.33. The SMILES string of the molecule is CCc1[nH]nc(C(=O)N2CCCCC2C(N)=O)c1N. The van der Waals surface area contributed by atoms with Crippen LogP contribution in [-0.4, -0.2) is 39.5 Å². The number of anilines is 1. The third kappa shape index (κ3) is 2.40. The first-order valence-electron chi connectivity index (χ1n) is 6.49. The van der Waals surface area contributed by atoms with Crippen molar-refractivity contribution >= 4 is 17.5 Å². The van der Waals surface area contributed by atoms with Crippen LogP contribution in [0.2, 0.25) is 0 Å². The van der Waals surface area contributed by atoms with Gasteiger partial charge in [-0.15, -0.1) is 0 Å². The summed E-state index contributed by atoms with van der Waals surface area (Å²) in [6, 6.07) is -0.553. The topological polar surface area (TPSA) is 118 Å². The van der Waals surface area contributed by atoms with Gasteiger partial charge in [-0.05, 0) is 25.7 Å². The van der Waals surface area contributed by atoms with Gasteiger partial charge < -0.3 is 16.4 Å². The third-order valence-corrected chi connectivity index (χ3v) is 3.53. The molecule has 1 aliphatic rings. The van der Waals surface area contributed by atoms with E-state index in [4.69, 9.17) is 11.5 Å². The van der Waals surface area contributed by atoms with Crippen LogP contribution in [0.25, 0.3) is 0 Å². The zero-order valence-corrected chi connectivity index (χ0v) is 11.0. The lowest BCUT2D eigenvalue weighted by Gasteiger charge is -2.33. The maximum Gasteiger partial charge on any atom is 0.277 e. The molecule has 1 unspecified atom stereocenters. The third-order valence-electron chi connectivity index (χ3n) is 3.53. The summed E-state index contributed by atoms with van der Waals surface area (Å²) < 4.78 is 0. The van der Waals surface area contributed by atoms with E-state index in [1.54, 1.807) is 0 Å². The van der Waals surface area contributed by atoms with E-state index in [1.807, 2.05) is 6.92 Å². The number of aryl methyl sites for hydroxylation is 1. The van der Waals surface area contributed by atoms with Crippen molar-refractivity contribution in [3.8, 4) is 0 Å². The summed E-state index contributed by atoms with van der Waals surface area (Å²) >= 11 is 0. The largest absolute Gasteiger partial charge is 0.395 e. The van der Waals surface area contributed by atoms with Crippen molar-refractivity contribution in [2.24, 2.45) is 5.73 Å². The van der Waals surface area contributed by atoms with E-state index in [2.05, 4.69) is 10.2 Å². The highest BCUT2D eigenvalue weighted by molar-refractivity contribution is 6.00. The molecular weight excluding hydrogens is 246 g/mol. The zero-order chi connectivity index (χ0) is 14.0. The molecule has 0 aromatic carbocycles. The van der Waals surface area contributed by atoms with Crippen molar-refractivity contribution in [3.05, 3.63) is 11.4 Å². The molecule has 1 aromatic rings. The monoisotopic (exact) mass is 265 g/mol. The van der Waals surface area contributed by atoms with Gasteiger partial charge in [0, 0.05) is 6.54 Å². The van der Waals surface area contributed by atoms with Gasteiger partial charge in [-0.25, -0.2) is 0 Å². The molecule has 2 heterocycles. The molecule has 1 aliphatic heterocycles. The molecule has 0 saturated carbocycles. The summed E-state index contributed by atoms with van der Waals surface area (Å²) in [7, 11) is 0. The molecular formula is C12H19N5O2. The average Bonchev–Trinajstić information content (AvgIpc) is 2.79. The Labute approximate surface area is 111 Å². The molecule has 0 aliphatic carbocycles. The Morgan fingerprint density at radius 2 is 2.21 bits per heavy atom. The van der Waals surface area contributed by atoms with Crippen LogP contribution in [0.1, 0.15) is 42.4 Å². The molecule has 1 saturated heterocycles. The smallest absolute Gasteiger partial charge is 0.277 e. The number of hydrogen-bond acceptors (Lipinski definition) is 4. The van der Waals surface area contributed by atoms with Crippen molar-refractivity contribution < 1.29 is 9.59 Å². The molecule has 2 amide bonds. The fourth-order valence-corrected chi connectivity index (χ4v) is 2.43. The minimum Gasteiger partial charge on any atom is -0.395 e. The molecule has 7 heteroatoms. The lowest BCUT2D eigenvalue weighted by Crippen LogP contribution is -2.50. The van der Waals surface area contributed by atoms with Crippen LogP contribution < -0.4 is 11.5 Å². The van der Waals surface area contributed by atoms with Gasteiger partial charge in [0.05, 0.1) is 11.4 Å². The normalized spacial score (nSPS) is 19.4. The van der Waals surface area contributed by atoms with Crippen molar-refractivity contribution in [1.29, 1.82) is 0 Å². The number of nitrogens with zero attached hydrogens (tertiary/aromatic N) is 2. The lowest BCUT2D eigenvalue weighted by atomic mass is 10.0. The van der Waals surface area contributed by atoms with Crippen LogP contribution >= 0.6 is 0 Å². The highest BCUT2D eigenvalue weighted by atomic mass is 16.2. The predicted octanol–water partition coefficient (Wildman–Crippen LogP) is 0.0343. The zero-order valence-electron chi connectivity index (χ0n) is 11.0. The second-order valence-electron chi connectivity index (χ2n) is 4.73. The van der Waals surface area contributed by atoms with Gasteiger partial charge in [-0.3, -0.25) is 14.7 Å². The number of H-pyrrole nitrogens is 1. The summed E-state index contributed by atoms with van der Waals surface area (Å²) in [6.45, 7) is 2.44. The Bertz CT molecular complexity index is 496. The number of likely N-dealkylation sites (tertiary alicyclic amines) is 1. The second-order valence-corrected chi connectivity index (χ2v) is 4.73. The summed E-state index contributed by atoms with van der Waals surface area (Å²) in [5, 5.41) is 6.71. The first-order chi connectivity index (χ1) is 9.06. The molecule has 7 nitrogen and oxygen atoms in total. The quantitative estimate of drug-likeness (QED) is 0.714. The first kappa shape index (κ1) is 13.4. The van der Waals surface area contributed by atoms with Crippen LogP contribution in [0, 0.1) is 0 Å². The Kier molecular flexibility index (Phi) is 3.73. The summed E-state index contributed by atoms with van der Waals surface area (Å²) in [5.41, 5.74) is 12.5. The molecule has 104 valence electrons.